The molecule has 4 N–H and O–H groups in total. The van der Waals surface area contributed by atoms with Crippen LogP contribution in [0.15, 0.2) is 12.4 Å². The van der Waals surface area contributed by atoms with Crippen LogP contribution in [0.5, 0.6) is 0 Å². The van der Waals surface area contributed by atoms with Crippen LogP contribution < -0.4 is 16.6 Å². The van der Waals surface area contributed by atoms with Gasteiger partial charge in [0.2, 0.25) is 0 Å². The highest BCUT2D eigenvalue weighted by molar-refractivity contribution is 7.98. The minimum Gasteiger partial charge on any atom is -0.351 e. The number of nitrogens with zero attached hydrogens (tertiary/aromatic N) is 2. The zero-order chi connectivity index (χ0) is 13.9. The molecule has 0 aromatic carbocycles. The lowest BCUT2D eigenvalue weighted by atomic mass is 10.2. The SMILES string of the molecule is CSCCCCCCNC(=O)c1cncc(NN)n1. The van der Waals surface area contributed by atoms with E-state index in [1.54, 1.807) is 0 Å². The van der Waals surface area contributed by atoms with Crippen LogP contribution in [0.4, 0.5) is 5.82 Å². The fourth-order valence-electron chi connectivity index (χ4n) is 1.56. The number of aromatic nitrogens is 2. The highest BCUT2D eigenvalue weighted by Crippen LogP contribution is 2.04. The Kier molecular flexibility index (Phi) is 7.92. The van der Waals surface area contributed by atoms with E-state index in [0.29, 0.717) is 12.4 Å². The summed E-state index contributed by atoms with van der Waals surface area (Å²) in [6.45, 7) is 0.667. The number of nitrogens with two attached hydrogens (primary N) is 1. The number of nitrogens with one attached hydrogen (secondary N) is 2. The Hall–Kier alpha value is -1.34. The number of carbonyl (C=O) groups is 1. The van der Waals surface area contributed by atoms with Crippen molar-refractivity contribution in [3.8, 4) is 0 Å². The van der Waals surface area contributed by atoms with Crippen LogP contribution in [0.3, 0.4) is 0 Å². The minimum absolute atomic E-state index is 0.214. The summed E-state index contributed by atoms with van der Waals surface area (Å²) in [6, 6.07) is 0. The number of hydrogen-bond donors (Lipinski definition) is 3. The number of rotatable bonds is 9. The first-order valence-electron chi connectivity index (χ1n) is 6.33. The number of nitrogen functional groups attached to an aromatic ring is 1. The number of thioether (sulfide) groups is 1. The molecule has 1 amide bonds. The van der Waals surface area contributed by atoms with Gasteiger partial charge in [-0.2, -0.15) is 11.8 Å². The lowest BCUT2D eigenvalue weighted by Crippen LogP contribution is -2.26. The molecule has 0 aliphatic carbocycles. The number of unbranched alkanes of at least 4 members (excludes halogenated alkanes) is 3. The lowest BCUT2D eigenvalue weighted by Gasteiger charge is -2.05. The number of hydrogen-bond acceptors (Lipinski definition) is 6. The van der Waals surface area contributed by atoms with E-state index >= 15 is 0 Å². The molecule has 0 fully saturated rings. The predicted octanol–water partition coefficient (Wildman–Crippen LogP) is 1.42. The first-order chi connectivity index (χ1) is 9.27. The summed E-state index contributed by atoms with van der Waals surface area (Å²) >= 11 is 1.87. The highest BCUT2D eigenvalue weighted by atomic mass is 32.2. The first-order valence-corrected chi connectivity index (χ1v) is 7.73. The molecular formula is C12H21N5OS. The lowest BCUT2D eigenvalue weighted by molar-refractivity contribution is 0.0947. The molecule has 0 aliphatic heterocycles. The van der Waals surface area contributed by atoms with E-state index in [9.17, 15) is 4.79 Å². The van der Waals surface area contributed by atoms with Crippen LogP contribution in [0.25, 0.3) is 0 Å². The summed E-state index contributed by atoms with van der Waals surface area (Å²) < 4.78 is 0. The van der Waals surface area contributed by atoms with Crippen molar-refractivity contribution in [3.63, 3.8) is 0 Å². The molecule has 0 unspecified atom stereocenters. The van der Waals surface area contributed by atoms with Crippen LogP contribution in [0.1, 0.15) is 36.2 Å². The van der Waals surface area contributed by atoms with Crippen molar-refractivity contribution in [1.82, 2.24) is 15.3 Å². The molecule has 0 spiro atoms. The monoisotopic (exact) mass is 283 g/mol. The first kappa shape index (κ1) is 15.7. The largest absolute Gasteiger partial charge is 0.351 e. The van der Waals surface area contributed by atoms with E-state index in [-0.39, 0.29) is 11.6 Å². The Bertz CT molecular complexity index is 388. The summed E-state index contributed by atoms with van der Waals surface area (Å²) in [5.41, 5.74) is 2.64. The Morgan fingerprint density at radius 3 is 2.84 bits per heavy atom. The van der Waals surface area contributed by atoms with Gasteiger partial charge in [0.05, 0.1) is 12.4 Å². The molecule has 0 saturated heterocycles. The predicted molar refractivity (Wildman–Crippen MR) is 79.0 cm³/mol. The van der Waals surface area contributed by atoms with Gasteiger partial charge in [0, 0.05) is 6.54 Å². The van der Waals surface area contributed by atoms with Gasteiger partial charge in [0.15, 0.2) is 5.82 Å². The van der Waals surface area contributed by atoms with Gasteiger partial charge >= 0.3 is 0 Å². The molecule has 1 aromatic heterocycles. The van der Waals surface area contributed by atoms with Crippen molar-refractivity contribution < 1.29 is 4.79 Å². The second-order valence-electron chi connectivity index (χ2n) is 4.10. The topological polar surface area (TPSA) is 92.9 Å². The molecule has 6 nitrogen and oxygen atoms in total. The van der Waals surface area contributed by atoms with Crippen molar-refractivity contribution in [2.75, 3.05) is 24.0 Å². The normalized spacial score (nSPS) is 10.2. The summed E-state index contributed by atoms with van der Waals surface area (Å²) in [5, 5.41) is 2.83. The molecule has 0 saturated carbocycles. The Morgan fingerprint density at radius 2 is 2.11 bits per heavy atom. The maximum Gasteiger partial charge on any atom is 0.271 e. The maximum atomic E-state index is 11.8. The molecule has 19 heavy (non-hydrogen) atoms. The van der Waals surface area contributed by atoms with Crippen molar-refractivity contribution in [2.45, 2.75) is 25.7 Å². The van der Waals surface area contributed by atoms with E-state index in [1.165, 1.54) is 31.0 Å². The van der Waals surface area contributed by atoms with Gasteiger partial charge in [-0.15, -0.1) is 0 Å². The summed E-state index contributed by atoms with van der Waals surface area (Å²) in [7, 11) is 0. The van der Waals surface area contributed by atoms with Gasteiger partial charge in [-0.25, -0.2) is 10.8 Å². The summed E-state index contributed by atoms with van der Waals surface area (Å²) in [6.07, 6.45) is 9.58. The van der Waals surface area contributed by atoms with E-state index in [1.807, 2.05) is 11.8 Å². The molecule has 0 bridgehead atoms. The van der Waals surface area contributed by atoms with Gasteiger partial charge < -0.3 is 10.7 Å². The van der Waals surface area contributed by atoms with Gasteiger partial charge in [-0.1, -0.05) is 12.8 Å². The smallest absolute Gasteiger partial charge is 0.271 e. The number of anilines is 1. The molecule has 7 heteroatoms. The molecule has 0 radical (unpaired) electrons. The maximum absolute atomic E-state index is 11.8. The molecule has 0 aliphatic rings. The molecule has 1 aromatic rings. The standard InChI is InChI=1S/C12H21N5OS/c1-19-7-5-3-2-4-6-15-12(18)10-8-14-9-11(16-10)17-13/h8-9H,2-7,13H2,1H3,(H,15,18)(H,16,17). The van der Waals surface area contributed by atoms with Crippen molar-refractivity contribution in [3.05, 3.63) is 18.1 Å². The molecule has 0 atom stereocenters. The third-order valence-corrected chi connectivity index (χ3v) is 3.27. The average molecular weight is 283 g/mol. The van der Waals surface area contributed by atoms with E-state index in [0.717, 1.165) is 12.8 Å². The summed E-state index contributed by atoms with van der Waals surface area (Å²) in [4.78, 5) is 19.7. The number of hydrazine groups is 1. The fraction of sp³-hybridized carbons (Fsp3) is 0.583. The molecular weight excluding hydrogens is 262 g/mol. The summed E-state index contributed by atoms with van der Waals surface area (Å²) in [5.74, 6) is 6.59. The number of carbonyl (C=O) groups excluding carboxylic acids is 1. The van der Waals surface area contributed by atoms with E-state index in [2.05, 4.69) is 27.0 Å². The van der Waals surface area contributed by atoms with E-state index < -0.39 is 0 Å². The van der Waals surface area contributed by atoms with Gasteiger partial charge in [0.1, 0.15) is 5.69 Å². The molecule has 1 rings (SSSR count). The van der Waals surface area contributed by atoms with Crippen molar-refractivity contribution in [1.29, 1.82) is 0 Å². The average Bonchev–Trinajstić information content (AvgIpc) is 2.46. The fourth-order valence-corrected chi connectivity index (χ4v) is 2.06. The van der Waals surface area contributed by atoms with Gasteiger partial charge in [0.25, 0.3) is 5.91 Å². The van der Waals surface area contributed by atoms with Crippen LogP contribution in [0, 0.1) is 0 Å². The van der Waals surface area contributed by atoms with Crippen LogP contribution in [-0.2, 0) is 0 Å². The second kappa shape index (κ2) is 9.57. The van der Waals surface area contributed by atoms with Crippen LogP contribution >= 0.6 is 11.8 Å². The van der Waals surface area contributed by atoms with Crippen LogP contribution in [-0.4, -0.2) is 34.4 Å². The second-order valence-corrected chi connectivity index (χ2v) is 5.08. The third-order valence-electron chi connectivity index (χ3n) is 2.58. The van der Waals surface area contributed by atoms with Crippen molar-refractivity contribution >= 4 is 23.5 Å². The highest BCUT2D eigenvalue weighted by Gasteiger charge is 2.07. The minimum atomic E-state index is -0.214. The van der Waals surface area contributed by atoms with Crippen molar-refractivity contribution in [2.24, 2.45) is 5.84 Å². The molecule has 1 heterocycles. The number of amides is 1. The van der Waals surface area contributed by atoms with Gasteiger partial charge in [-0.3, -0.25) is 9.78 Å². The zero-order valence-electron chi connectivity index (χ0n) is 11.2. The zero-order valence-corrected chi connectivity index (χ0v) is 12.0. The Labute approximate surface area is 117 Å². The third kappa shape index (κ3) is 6.40. The molecule has 106 valence electrons. The van der Waals surface area contributed by atoms with E-state index in [4.69, 9.17) is 5.84 Å². The van der Waals surface area contributed by atoms with Crippen LogP contribution in [0.2, 0.25) is 0 Å². The Morgan fingerprint density at radius 1 is 1.32 bits per heavy atom. The van der Waals surface area contributed by atoms with Gasteiger partial charge in [-0.05, 0) is 24.9 Å². The Balaban J connectivity index is 2.20. The quantitative estimate of drug-likeness (QED) is 0.360.